The third-order valence-corrected chi connectivity index (χ3v) is 2.53. The van der Waals surface area contributed by atoms with Crippen LogP contribution in [0.25, 0.3) is 11.5 Å². The molecule has 1 aromatic carbocycles. The monoisotopic (exact) mass is 249 g/mol. The van der Waals surface area contributed by atoms with Gasteiger partial charge in [0.1, 0.15) is 5.82 Å². The van der Waals surface area contributed by atoms with Crippen molar-refractivity contribution in [1.82, 2.24) is 15.5 Å². The summed E-state index contributed by atoms with van der Waals surface area (Å²) in [5.74, 6) is 0.652. The van der Waals surface area contributed by atoms with Crippen LogP contribution in [-0.4, -0.2) is 23.3 Å². The average molecular weight is 249 g/mol. The quantitative estimate of drug-likeness (QED) is 0.799. The summed E-state index contributed by atoms with van der Waals surface area (Å²) in [6.45, 7) is 3.95. The second kappa shape index (κ2) is 6.26. The minimum Gasteiger partial charge on any atom is -0.421 e. The molecule has 0 amide bonds. The zero-order chi connectivity index (χ0) is 12.8. The lowest BCUT2D eigenvalue weighted by atomic mass is 10.2. The van der Waals surface area contributed by atoms with Gasteiger partial charge >= 0.3 is 0 Å². The highest BCUT2D eigenvalue weighted by atomic mass is 19.1. The molecule has 1 heterocycles. The second-order valence-electron chi connectivity index (χ2n) is 3.97. The third kappa shape index (κ3) is 3.37. The first-order valence-electron chi connectivity index (χ1n) is 6.08. The van der Waals surface area contributed by atoms with Crippen molar-refractivity contribution in [3.63, 3.8) is 0 Å². The Morgan fingerprint density at radius 3 is 3.00 bits per heavy atom. The minimum atomic E-state index is -0.306. The van der Waals surface area contributed by atoms with Crippen LogP contribution in [0, 0.1) is 5.82 Å². The van der Waals surface area contributed by atoms with Crippen molar-refractivity contribution in [1.29, 1.82) is 0 Å². The standard InChI is InChI=1S/C13H16FN3O/c1-2-15-8-4-7-12-16-17-13(18-12)10-5-3-6-11(14)9-10/h3,5-6,9,15H,2,4,7-8H2,1H3. The topological polar surface area (TPSA) is 51.0 Å². The fourth-order valence-corrected chi connectivity index (χ4v) is 1.63. The Balaban J connectivity index is 1.97. The van der Waals surface area contributed by atoms with Crippen LogP contribution in [0.2, 0.25) is 0 Å². The molecule has 1 N–H and O–H groups in total. The summed E-state index contributed by atoms with van der Waals surface area (Å²) in [6.07, 6.45) is 1.67. The predicted molar refractivity (Wildman–Crippen MR) is 66.6 cm³/mol. The molecule has 2 aromatic rings. The number of nitrogens with zero attached hydrogens (tertiary/aromatic N) is 2. The van der Waals surface area contributed by atoms with Crippen LogP contribution in [0.15, 0.2) is 28.7 Å². The van der Waals surface area contributed by atoms with Gasteiger partial charge in [-0.3, -0.25) is 0 Å². The molecule has 0 radical (unpaired) electrons. The summed E-state index contributed by atoms with van der Waals surface area (Å²) in [4.78, 5) is 0. The van der Waals surface area contributed by atoms with E-state index in [0.29, 0.717) is 17.3 Å². The SMILES string of the molecule is CCNCCCc1nnc(-c2cccc(F)c2)o1. The lowest BCUT2D eigenvalue weighted by Gasteiger charge is -1.97. The first-order chi connectivity index (χ1) is 8.79. The van der Waals surface area contributed by atoms with Crippen molar-refractivity contribution >= 4 is 0 Å². The molecular formula is C13H16FN3O. The summed E-state index contributed by atoms with van der Waals surface area (Å²) >= 11 is 0. The van der Waals surface area contributed by atoms with Gasteiger partial charge in [0.15, 0.2) is 0 Å². The fraction of sp³-hybridized carbons (Fsp3) is 0.385. The predicted octanol–water partition coefficient (Wildman–Crippen LogP) is 2.42. The van der Waals surface area contributed by atoms with E-state index in [9.17, 15) is 4.39 Å². The van der Waals surface area contributed by atoms with E-state index in [1.807, 2.05) is 0 Å². The van der Waals surface area contributed by atoms with E-state index in [2.05, 4.69) is 22.4 Å². The highest BCUT2D eigenvalue weighted by molar-refractivity contribution is 5.52. The number of rotatable bonds is 6. The molecule has 0 atom stereocenters. The Morgan fingerprint density at radius 2 is 2.22 bits per heavy atom. The average Bonchev–Trinajstić information content (AvgIpc) is 2.83. The number of hydrogen-bond donors (Lipinski definition) is 1. The van der Waals surface area contributed by atoms with Crippen molar-refractivity contribution < 1.29 is 8.81 Å². The number of aromatic nitrogens is 2. The van der Waals surface area contributed by atoms with Gasteiger partial charge in [-0.1, -0.05) is 13.0 Å². The molecule has 0 aliphatic heterocycles. The number of hydrogen-bond acceptors (Lipinski definition) is 4. The van der Waals surface area contributed by atoms with Crippen LogP contribution in [0.3, 0.4) is 0 Å². The molecule has 0 spiro atoms. The summed E-state index contributed by atoms with van der Waals surface area (Å²) < 4.78 is 18.5. The van der Waals surface area contributed by atoms with Crippen molar-refractivity contribution in [3.05, 3.63) is 36.0 Å². The van der Waals surface area contributed by atoms with Gasteiger partial charge in [0.05, 0.1) is 0 Å². The molecule has 96 valence electrons. The van der Waals surface area contributed by atoms with E-state index < -0.39 is 0 Å². The minimum absolute atomic E-state index is 0.306. The number of halogens is 1. The lowest BCUT2D eigenvalue weighted by molar-refractivity contribution is 0.492. The van der Waals surface area contributed by atoms with Crippen LogP contribution < -0.4 is 5.32 Å². The van der Waals surface area contributed by atoms with Gasteiger partial charge in [-0.05, 0) is 37.7 Å². The van der Waals surface area contributed by atoms with E-state index in [-0.39, 0.29) is 5.82 Å². The fourth-order valence-electron chi connectivity index (χ4n) is 1.63. The summed E-state index contributed by atoms with van der Waals surface area (Å²) in [6, 6.07) is 6.14. The highest BCUT2D eigenvalue weighted by Crippen LogP contribution is 2.18. The molecule has 0 bridgehead atoms. The second-order valence-corrected chi connectivity index (χ2v) is 3.97. The smallest absolute Gasteiger partial charge is 0.247 e. The van der Waals surface area contributed by atoms with Crippen LogP contribution in [0.4, 0.5) is 4.39 Å². The first kappa shape index (κ1) is 12.7. The van der Waals surface area contributed by atoms with Crippen molar-refractivity contribution in [2.75, 3.05) is 13.1 Å². The van der Waals surface area contributed by atoms with E-state index >= 15 is 0 Å². The molecule has 0 saturated carbocycles. The largest absolute Gasteiger partial charge is 0.421 e. The Kier molecular flexibility index (Phi) is 4.41. The number of benzene rings is 1. The van der Waals surface area contributed by atoms with Crippen LogP contribution >= 0.6 is 0 Å². The van der Waals surface area contributed by atoms with Crippen LogP contribution in [-0.2, 0) is 6.42 Å². The Labute approximate surface area is 105 Å². The Bertz CT molecular complexity index is 498. The molecule has 0 saturated heterocycles. The molecule has 1 aromatic heterocycles. The van der Waals surface area contributed by atoms with Gasteiger partial charge in [-0.15, -0.1) is 10.2 Å². The molecular weight excluding hydrogens is 233 g/mol. The van der Waals surface area contributed by atoms with Gasteiger partial charge in [-0.2, -0.15) is 0 Å². The summed E-state index contributed by atoms with van der Waals surface area (Å²) in [5.41, 5.74) is 0.612. The first-order valence-corrected chi connectivity index (χ1v) is 6.08. The van der Waals surface area contributed by atoms with Crippen LogP contribution in [0.1, 0.15) is 19.2 Å². The number of aryl methyl sites for hydroxylation is 1. The molecule has 5 heteroatoms. The van der Waals surface area contributed by atoms with Gasteiger partial charge < -0.3 is 9.73 Å². The third-order valence-electron chi connectivity index (χ3n) is 2.53. The van der Waals surface area contributed by atoms with E-state index in [0.717, 1.165) is 25.9 Å². The van der Waals surface area contributed by atoms with E-state index in [1.54, 1.807) is 12.1 Å². The van der Waals surface area contributed by atoms with E-state index in [1.165, 1.54) is 12.1 Å². The summed E-state index contributed by atoms with van der Waals surface area (Å²) in [5, 5.41) is 11.1. The van der Waals surface area contributed by atoms with Gasteiger partial charge in [-0.25, -0.2) is 4.39 Å². The Morgan fingerprint density at radius 1 is 1.33 bits per heavy atom. The summed E-state index contributed by atoms with van der Waals surface area (Å²) in [7, 11) is 0. The van der Waals surface area contributed by atoms with Crippen molar-refractivity contribution in [2.45, 2.75) is 19.8 Å². The van der Waals surface area contributed by atoms with Gasteiger partial charge in [0.25, 0.3) is 0 Å². The molecule has 2 rings (SSSR count). The van der Waals surface area contributed by atoms with E-state index in [4.69, 9.17) is 4.42 Å². The zero-order valence-electron chi connectivity index (χ0n) is 10.3. The van der Waals surface area contributed by atoms with Crippen LogP contribution in [0.5, 0.6) is 0 Å². The maximum absolute atomic E-state index is 13.0. The molecule has 0 unspecified atom stereocenters. The zero-order valence-corrected chi connectivity index (χ0v) is 10.3. The molecule has 4 nitrogen and oxygen atoms in total. The maximum atomic E-state index is 13.0. The molecule has 0 aliphatic rings. The molecule has 18 heavy (non-hydrogen) atoms. The highest BCUT2D eigenvalue weighted by Gasteiger charge is 2.08. The van der Waals surface area contributed by atoms with Gasteiger partial charge in [0, 0.05) is 12.0 Å². The number of nitrogens with one attached hydrogen (secondary N) is 1. The molecule has 0 fully saturated rings. The maximum Gasteiger partial charge on any atom is 0.247 e. The molecule has 0 aliphatic carbocycles. The Hall–Kier alpha value is -1.75. The van der Waals surface area contributed by atoms with Crippen molar-refractivity contribution in [3.8, 4) is 11.5 Å². The van der Waals surface area contributed by atoms with Gasteiger partial charge in [0.2, 0.25) is 11.8 Å². The normalized spacial score (nSPS) is 10.8. The lowest BCUT2D eigenvalue weighted by Crippen LogP contribution is -2.14. The van der Waals surface area contributed by atoms with Crippen molar-refractivity contribution in [2.24, 2.45) is 0 Å².